The van der Waals surface area contributed by atoms with E-state index in [0.29, 0.717) is 17.8 Å². The molecule has 3 nitrogen and oxygen atoms in total. The van der Waals surface area contributed by atoms with Crippen molar-refractivity contribution in [3.05, 3.63) is 10.9 Å². The molecule has 3 heterocycles. The van der Waals surface area contributed by atoms with Crippen LogP contribution in [0.1, 0.15) is 30.7 Å². The number of thiophene rings is 1. The number of rotatable bonds is 3. The fourth-order valence-corrected chi connectivity index (χ4v) is 5.67. The van der Waals surface area contributed by atoms with E-state index in [2.05, 4.69) is 23.6 Å². The lowest BCUT2D eigenvalue weighted by Crippen LogP contribution is -2.35. The topological polar surface area (TPSA) is 41.1 Å². The van der Waals surface area contributed by atoms with E-state index in [9.17, 15) is 4.79 Å². The van der Waals surface area contributed by atoms with Gasteiger partial charge in [0, 0.05) is 22.7 Å². The van der Waals surface area contributed by atoms with E-state index in [1.807, 2.05) is 23.1 Å². The van der Waals surface area contributed by atoms with Gasteiger partial charge in [-0.05, 0) is 31.6 Å². The molecule has 0 unspecified atom stereocenters. The number of carbonyl (C=O) groups is 1. The van der Waals surface area contributed by atoms with Crippen LogP contribution in [0, 0.1) is 0 Å². The van der Waals surface area contributed by atoms with Gasteiger partial charge >= 0.3 is 0 Å². The van der Waals surface area contributed by atoms with E-state index in [-0.39, 0.29) is 5.91 Å². The van der Waals surface area contributed by atoms with Crippen LogP contribution in [0.5, 0.6) is 0 Å². The largest absolute Gasteiger partial charge is 0.324 e. The molecule has 2 aliphatic heterocycles. The molecule has 0 radical (unpaired) electrons. The molecule has 0 bridgehead atoms. The number of anilines is 1. The van der Waals surface area contributed by atoms with Gasteiger partial charge in [-0.3, -0.25) is 4.79 Å². The molecule has 1 aromatic heterocycles. The highest BCUT2D eigenvalue weighted by Crippen LogP contribution is 2.41. The summed E-state index contributed by atoms with van der Waals surface area (Å²) in [5.41, 5.74) is 1.01. The fourth-order valence-electron chi connectivity index (χ4n) is 2.43. The Balaban J connectivity index is 1.66. The molecule has 1 fully saturated rings. The maximum Gasteiger partial charge on any atom is 0.234 e. The molecule has 1 amide bonds. The molecule has 0 aromatic carbocycles. The first kappa shape index (κ1) is 13.8. The van der Waals surface area contributed by atoms with Gasteiger partial charge in [0.15, 0.2) is 0 Å². The predicted octanol–water partition coefficient (Wildman–Crippen LogP) is 3.34. The lowest BCUT2D eigenvalue weighted by atomic mass is 10.1. The van der Waals surface area contributed by atoms with Gasteiger partial charge in [-0.1, -0.05) is 0 Å². The Morgan fingerprint density at radius 1 is 1.53 bits per heavy atom. The van der Waals surface area contributed by atoms with Crippen LogP contribution in [0.4, 0.5) is 5.69 Å². The average Bonchev–Trinajstić information content (AvgIpc) is 2.83. The monoisotopic (exact) mass is 314 g/mol. The summed E-state index contributed by atoms with van der Waals surface area (Å²) in [4.78, 5) is 12.7. The summed E-state index contributed by atoms with van der Waals surface area (Å²) in [5, 5.41) is 6.68. The maximum absolute atomic E-state index is 11.4. The first-order chi connectivity index (χ1) is 9.22. The van der Waals surface area contributed by atoms with E-state index in [1.54, 1.807) is 11.8 Å². The number of hydrogen-bond acceptors (Lipinski definition) is 5. The fraction of sp³-hybridized carbons (Fsp3) is 0.615. The molecule has 19 heavy (non-hydrogen) atoms. The van der Waals surface area contributed by atoms with Crippen molar-refractivity contribution in [1.29, 1.82) is 0 Å². The molecular formula is C13H18N2OS3. The van der Waals surface area contributed by atoms with Crippen molar-refractivity contribution in [2.45, 2.75) is 36.1 Å². The van der Waals surface area contributed by atoms with E-state index in [0.717, 1.165) is 5.69 Å². The summed E-state index contributed by atoms with van der Waals surface area (Å²) in [6, 6.07) is 3.14. The third kappa shape index (κ3) is 3.29. The molecular weight excluding hydrogens is 296 g/mol. The van der Waals surface area contributed by atoms with Crippen LogP contribution in [-0.4, -0.2) is 29.2 Å². The molecule has 6 heteroatoms. The van der Waals surface area contributed by atoms with Gasteiger partial charge in [0.1, 0.15) is 0 Å². The third-order valence-electron chi connectivity index (χ3n) is 3.40. The highest BCUT2D eigenvalue weighted by Gasteiger charge is 2.22. The Morgan fingerprint density at radius 3 is 3.21 bits per heavy atom. The van der Waals surface area contributed by atoms with Crippen LogP contribution in [0.15, 0.2) is 10.3 Å². The highest BCUT2D eigenvalue weighted by atomic mass is 32.2. The maximum atomic E-state index is 11.4. The van der Waals surface area contributed by atoms with Crippen LogP contribution < -0.4 is 10.6 Å². The van der Waals surface area contributed by atoms with Crippen LogP contribution >= 0.6 is 34.9 Å². The first-order valence-electron chi connectivity index (χ1n) is 6.62. The van der Waals surface area contributed by atoms with Gasteiger partial charge in [-0.25, -0.2) is 0 Å². The Labute approximate surface area is 126 Å². The Kier molecular flexibility index (Phi) is 4.41. The molecule has 1 saturated heterocycles. The van der Waals surface area contributed by atoms with E-state index in [1.165, 1.54) is 33.4 Å². The minimum Gasteiger partial charge on any atom is -0.324 e. The van der Waals surface area contributed by atoms with Crippen LogP contribution in [0.2, 0.25) is 0 Å². The predicted molar refractivity (Wildman–Crippen MR) is 85.6 cm³/mol. The Bertz CT molecular complexity index is 468. The Hall–Kier alpha value is -0.170. The molecule has 0 spiro atoms. The van der Waals surface area contributed by atoms with Crippen molar-refractivity contribution >= 4 is 46.5 Å². The van der Waals surface area contributed by atoms with E-state index < -0.39 is 0 Å². The van der Waals surface area contributed by atoms with Gasteiger partial charge < -0.3 is 10.6 Å². The molecule has 1 aromatic rings. The number of amides is 1. The highest BCUT2D eigenvalue weighted by molar-refractivity contribution is 8.02. The number of thioether (sulfide) groups is 2. The van der Waals surface area contributed by atoms with E-state index in [4.69, 9.17) is 0 Å². The zero-order valence-electron chi connectivity index (χ0n) is 10.9. The summed E-state index contributed by atoms with van der Waals surface area (Å²) >= 11 is 5.52. The summed E-state index contributed by atoms with van der Waals surface area (Å²) in [5.74, 6) is 3.20. The summed E-state index contributed by atoms with van der Waals surface area (Å²) in [6.07, 6.45) is 2.61. The lowest BCUT2D eigenvalue weighted by molar-refractivity contribution is -0.113. The van der Waals surface area contributed by atoms with Crippen LogP contribution in [-0.2, 0) is 4.79 Å². The second-order valence-electron chi connectivity index (χ2n) is 4.99. The molecule has 104 valence electrons. The minimum absolute atomic E-state index is 0.117. The van der Waals surface area contributed by atoms with Gasteiger partial charge in [0.2, 0.25) is 5.91 Å². The zero-order chi connectivity index (χ0) is 13.2. The van der Waals surface area contributed by atoms with E-state index >= 15 is 0 Å². The van der Waals surface area contributed by atoms with Crippen molar-refractivity contribution < 1.29 is 4.79 Å². The SMILES string of the molecule is C[C@@H](N[C@@H]1CCCSC1)c1cc2c(s1)SCC(=O)N2. The van der Waals surface area contributed by atoms with Crippen molar-refractivity contribution in [2.24, 2.45) is 0 Å². The quantitative estimate of drug-likeness (QED) is 0.898. The minimum atomic E-state index is 0.117. The van der Waals surface area contributed by atoms with Crippen LogP contribution in [0.25, 0.3) is 0 Å². The van der Waals surface area contributed by atoms with Gasteiger partial charge in [0.05, 0.1) is 15.6 Å². The second kappa shape index (κ2) is 6.08. The summed E-state index contributed by atoms with van der Waals surface area (Å²) < 4.78 is 1.25. The normalized spacial score (nSPS) is 24.7. The lowest BCUT2D eigenvalue weighted by Gasteiger charge is -2.25. The smallest absolute Gasteiger partial charge is 0.234 e. The number of hydrogen-bond donors (Lipinski definition) is 2. The third-order valence-corrected chi connectivity index (χ3v) is 7.22. The number of fused-ring (bicyclic) bond motifs is 1. The van der Waals surface area contributed by atoms with Crippen molar-refractivity contribution in [1.82, 2.24) is 5.32 Å². The van der Waals surface area contributed by atoms with Gasteiger partial charge in [-0.15, -0.1) is 23.1 Å². The number of carbonyl (C=O) groups excluding carboxylic acids is 1. The standard InChI is InChI=1S/C13H18N2OS3/c1-8(14-9-3-2-4-17-6-9)11-5-10-13(19-11)18-7-12(16)15-10/h5,8-9,14H,2-4,6-7H2,1H3,(H,15,16)/t8-,9-/m1/s1. The molecule has 2 aliphatic rings. The molecule has 2 atom stereocenters. The summed E-state index contributed by atoms with van der Waals surface area (Å²) in [7, 11) is 0. The summed E-state index contributed by atoms with van der Waals surface area (Å²) in [6.45, 7) is 2.23. The molecule has 3 rings (SSSR count). The van der Waals surface area contributed by atoms with Crippen LogP contribution in [0.3, 0.4) is 0 Å². The molecule has 2 N–H and O–H groups in total. The number of nitrogens with one attached hydrogen (secondary N) is 2. The Morgan fingerprint density at radius 2 is 2.42 bits per heavy atom. The second-order valence-corrected chi connectivity index (χ2v) is 8.47. The first-order valence-corrected chi connectivity index (χ1v) is 9.58. The molecule has 0 aliphatic carbocycles. The van der Waals surface area contributed by atoms with Crippen molar-refractivity contribution in [3.8, 4) is 0 Å². The van der Waals surface area contributed by atoms with Gasteiger partial charge in [-0.2, -0.15) is 11.8 Å². The van der Waals surface area contributed by atoms with Crippen molar-refractivity contribution in [3.63, 3.8) is 0 Å². The average molecular weight is 315 g/mol. The van der Waals surface area contributed by atoms with Gasteiger partial charge in [0.25, 0.3) is 0 Å². The molecule has 0 saturated carbocycles. The van der Waals surface area contributed by atoms with Crippen molar-refractivity contribution in [2.75, 3.05) is 22.6 Å². The zero-order valence-corrected chi connectivity index (χ0v) is 13.4.